The SMILES string of the molecule is C#CCNC(=O)CN1CCCN(c2c([N+](=O)[O-])c(C)nn2CC)CC1. The van der Waals surface area contributed by atoms with Crippen LogP contribution in [0, 0.1) is 29.4 Å². The van der Waals surface area contributed by atoms with Gasteiger partial charge in [0.2, 0.25) is 11.7 Å². The second-order valence-electron chi connectivity index (χ2n) is 5.93. The quantitative estimate of drug-likeness (QED) is 0.454. The van der Waals surface area contributed by atoms with Crippen molar-refractivity contribution in [3.05, 3.63) is 15.8 Å². The van der Waals surface area contributed by atoms with Gasteiger partial charge >= 0.3 is 5.69 Å². The summed E-state index contributed by atoms with van der Waals surface area (Å²) in [7, 11) is 0. The van der Waals surface area contributed by atoms with Gasteiger partial charge in [-0.1, -0.05) is 5.92 Å². The summed E-state index contributed by atoms with van der Waals surface area (Å²) in [5, 5.41) is 18.4. The number of terminal acetylenes is 1. The molecule has 0 spiro atoms. The van der Waals surface area contributed by atoms with Crippen LogP contribution in [-0.4, -0.2) is 64.8 Å². The van der Waals surface area contributed by atoms with Crippen LogP contribution in [0.2, 0.25) is 0 Å². The third kappa shape index (κ3) is 4.48. The lowest BCUT2D eigenvalue weighted by molar-refractivity contribution is -0.384. The number of carbonyl (C=O) groups is 1. The zero-order valence-corrected chi connectivity index (χ0v) is 14.7. The van der Waals surface area contributed by atoms with E-state index in [1.165, 1.54) is 0 Å². The molecule has 25 heavy (non-hydrogen) atoms. The van der Waals surface area contributed by atoms with Crippen LogP contribution in [0.3, 0.4) is 0 Å². The molecule has 0 aliphatic carbocycles. The van der Waals surface area contributed by atoms with Crippen LogP contribution in [0.4, 0.5) is 11.5 Å². The number of nitro groups is 1. The van der Waals surface area contributed by atoms with Gasteiger partial charge in [0.05, 0.1) is 18.0 Å². The molecular weight excluding hydrogens is 324 g/mol. The minimum Gasteiger partial charge on any atom is -0.350 e. The van der Waals surface area contributed by atoms with E-state index >= 15 is 0 Å². The highest BCUT2D eigenvalue weighted by Gasteiger charge is 2.30. The first-order valence-electron chi connectivity index (χ1n) is 8.37. The van der Waals surface area contributed by atoms with Crippen LogP contribution in [0.1, 0.15) is 19.0 Å². The molecule has 1 N–H and O–H groups in total. The monoisotopic (exact) mass is 348 g/mol. The lowest BCUT2D eigenvalue weighted by Gasteiger charge is -2.23. The number of anilines is 1. The molecule has 1 aromatic rings. The Bertz CT molecular complexity index is 678. The number of hydrogen-bond donors (Lipinski definition) is 1. The first kappa shape index (κ1) is 18.7. The molecule has 136 valence electrons. The van der Waals surface area contributed by atoms with Crippen LogP contribution < -0.4 is 10.2 Å². The van der Waals surface area contributed by atoms with Crippen molar-refractivity contribution in [2.75, 3.05) is 44.2 Å². The number of hydrogen-bond acceptors (Lipinski definition) is 6. The van der Waals surface area contributed by atoms with E-state index in [2.05, 4.69) is 16.3 Å². The van der Waals surface area contributed by atoms with E-state index in [0.717, 1.165) is 13.0 Å². The van der Waals surface area contributed by atoms with Gasteiger partial charge in [-0.15, -0.1) is 6.42 Å². The van der Waals surface area contributed by atoms with Crippen molar-refractivity contribution in [3.63, 3.8) is 0 Å². The molecule has 0 radical (unpaired) electrons. The molecule has 0 bridgehead atoms. The molecule has 1 amide bonds. The van der Waals surface area contributed by atoms with Gasteiger partial charge in [-0.3, -0.25) is 19.8 Å². The Hall–Kier alpha value is -2.60. The summed E-state index contributed by atoms with van der Waals surface area (Å²) in [6, 6.07) is 0. The number of amides is 1. The Labute approximate surface area is 147 Å². The molecule has 1 fully saturated rings. The van der Waals surface area contributed by atoms with Gasteiger partial charge in [0.15, 0.2) is 0 Å². The van der Waals surface area contributed by atoms with Gasteiger partial charge in [0.1, 0.15) is 5.69 Å². The molecule has 0 aromatic carbocycles. The van der Waals surface area contributed by atoms with E-state index in [1.807, 2.05) is 16.7 Å². The fourth-order valence-electron chi connectivity index (χ4n) is 3.06. The Kier molecular flexibility index (Phi) is 6.36. The standard InChI is InChI=1S/C16H24N6O3/c1-4-7-17-14(23)12-19-8-6-9-20(11-10-19)16-15(22(24)25)13(3)18-21(16)5-2/h1H,5-12H2,2-3H3,(H,17,23). The minimum absolute atomic E-state index is 0.0714. The summed E-state index contributed by atoms with van der Waals surface area (Å²) < 4.78 is 1.68. The van der Waals surface area contributed by atoms with Crippen LogP contribution in [0.25, 0.3) is 0 Å². The molecule has 2 rings (SSSR count). The Balaban J connectivity index is 2.10. The number of aryl methyl sites for hydroxylation is 2. The van der Waals surface area contributed by atoms with E-state index in [4.69, 9.17) is 6.42 Å². The first-order chi connectivity index (χ1) is 12.0. The van der Waals surface area contributed by atoms with Crippen molar-refractivity contribution in [2.45, 2.75) is 26.8 Å². The van der Waals surface area contributed by atoms with Crippen LogP contribution in [-0.2, 0) is 11.3 Å². The maximum absolute atomic E-state index is 11.8. The third-order valence-corrected chi connectivity index (χ3v) is 4.19. The molecule has 9 heteroatoms. The summed E-state index contributed by atoms with van der Waals surface area (Å²) >= 11 is 0. The smallest absolute Gasteiger partial charge is 0.333 e. The van der Waals surface area contributed by atoms with Crippen LogP contribution in [0.5, 0.6) is 0 Å². The molecule has 0 unspecified atom stereocenters. The van der Waals surface area contributed by atoms with E-state index in [0.29, 0.717) is 37.7 Å². The summed E-state index contributed by atoms with van der Waals surface area (Å²) in [5.41, 5.74) is 0.499. The number of nitrogens with zero attached hydrogens (tertiary/aromatic N) is 5. The molecule has 1 aliphatic rings. The van der Waals surface area contributed by atoms with Gasteiger partial charge in [-0.05, 0) is 20.3 Å². The van der Waals surface area contributed by atoms with Crippen molar-refractivity contribution in [1.82, 2.24) is 20.0 Å². The van der Waals surface area contributed by atoms with Gasteiger partial charge < -0.3 is 10.2 Å². The van der Waals surface area contributed by atoms with Crippen molar-refractivity contribution in [1.29, 1.82) is 0 Å². The molecule has 1 aromatic heterocycles. The summed E-state index contributed by atoms with van der Waals surface area (Å²) in [5.74, 6) is 2.83. The zero-order chi connectivity index (χ0) is 18.4. The number of rotatable bonds is 6. The van der Waals surface area contributed by atoms with E-state index in [1.54, 1.807) is 11.6 Å². The van der Waals surface area contributed by atoms with Gasteiger partial charge in [-0.2, -0.15) is 5.10 Å². The van der Waals surface area contributed by atoms with Crippen molar-refractivity contribution in [2.24, 2.45) is 0 Å². The fourth-order valence-corrected chi connectivity index (χ4v) is 3.06. The molecular formula is C16H24N6O3. The van der Waals surface area contributed by atoms with E-state index in [9.17, 15) is 14.9 Å². The fraction of sp³-hybridized carbons (Fsp3) is 0.625. The van der Waals surface area contributed by atoms with E-state index in [-0.39, 0.29) is 29.6 Å². The predicted octanol–water partition coefficient (Wildman–Crippen LogP) is 0.381. The first-order valence-corrected chi connectivity index (χ1v) is 8.37. The summed E-state index contributed by atoms with van der Waals surface area (Å²) in [6.45, 7) is 7.35. The largest absolute Gasteiger partial charge is 0.350 e. The number of nitrogens with one attached hydrogen (secondary N) is 1. The Morgan fingerprint density at radius 1 is 1.40 bits per heavy atom. The molecule has 1 saturated heterocycles. The lowest BCUT2D eigenvalue weighted by Crippen LogP contribution is -2.39. The Morgan fingerprint density at radius 2 is 2.16 bits per heavy atom. The highest BCUT2D eigenvalue weighted by molar-refractivity contribution is 5.78. The average molecular weight is 348 g/mol. The van der Waals surface area contributed by atoms with Gasteiger partial charge in [-0.25, -0.2) is 4.68 Å². The molecule has 1 aliphatic heterocycles. The maximum Gasteiger partial charge on any atom is 0.333 e. The zero-order valence-electron chi connectivity index (χ0n) is 14.7. The molecule has 0 saturated carbocycles. The lowest BCUT2D eigenvalue weighted by atomic mass is 10.3. The van der Waals surface area contributed by atoms with Crippen molar-refractivity contribution < 1.29 is 9.72 Å². The minimum atomic E-state index is -0.361. The predicted molar refractivity (Wildman–Crippen MR) is 94.4 cm³/mol. The van der Waals surface area contributed by atoms with E-state index < -0.39 is 0 Å². The normalized spacial score (nSPS) is 15.5. The number of aromatic nitrogens is 2. The molecule has 9 nitrogen and oxygen atoms in total. The van der Waals surface area contributed by atoms with Gasteiger partial charge in [0, 0.05) is 32.7 Å². The average Bonchev–Trinajstić information content (AvgIpc) is 2.75. The van der Waals surface area contributed by atoms with Gasteiger partial charge in [0.25, 0.3) is 0 Å². The van der Waals surface area contributed by atoms with Crippen molar-refractivity contribution in [3.8, 4) is 12.3 Å². The molecule has 0 atom stereocenters. The summed E-state index contributed by atoms with van der Waals surface area (Å²) in [4.78, 5) is 27.0. The number of carbonyl (C=O) groups excluding carboxylic acids is 1. The summed E-state index contributed by atoms with van der Waals surface area (Å²) in [6.07, 6.45) is 5.95. The van der Waals surface area contributed by atoms with Crippen LogP contribution >= 0.6 is 0 Å². The highest BCUT2D eigenvalue weighted by Crippen LogP contribution is 2.32. The topological polar surface area (TPSA) is 96.5 Å². The van der Waals surface area contributed by atoms with Crippen molar-refractivity contribution >= 4 is 17.4 Å². The highest BCUT2D eigenvalue weighted by atomic mass is 16.6. The Morgan fingerprint density at radius 3 is 2.80 bits per heavy atom. The molecule has 2 heterocycles. The third-order valence-electron chi connectivity index (χ3n) is 4.19. The van der Waals surface area contributed by atoms with Crippen LogP contribution in [0.15, 0.2) is 0 Å². The maximum atomic E-state index is 11.8. The second-order valence-corrected chi connectivity index (χ2v) is 5.93. The second kappa shape index (κ2) is 8.48.